The monoisotopic (exact) mass is 356 g/mol. The number of aromatic nitrogens is 2. The standard InChI is InChI=1S/C20H24N2O4/c1-3-4-9-26-12-14-5-6-17-15(11-14)21-20(25)18-10-13(2)16(22(17)18)7-8-19(23)24/h5-6,10-11H,3-4,7-9,12H2,1-2H3,(H,21,25)(H,23,24). The summed E-state index contributed by atoms with van der Waals surface area (Å²) in [6, 6.07) is 7.69. The van der Waals surface area contributed by atoms with Gasteiger partial charge in [0.05, 0.1) is 24.1 Å². The molecule has 0 aliphatic carbocycles. The third-order valence-corrected chi connectivity index (χ3v) is 4.59. The summed E-state index contributed by atoms with van der Waals surface area (Å²) in [5.74, 6) is -0.847. The number of aromatic amines is 1. The summed E-state index contributed by atoms with van der Waals surface area (Å²) in [7, 11) is 0. The number of fused-ring (bicyclic) bond motifs is 3. The number of carboxylic acid groups (broad SMARTS) is 1. The van der Waals surface area contributed by atoms with Crippen molar-refractivity contribution in [3.8, 4) is 0 Å². The molecular formula is C20H24N2O4. The first kappa shape index (κ1) is 18.2. The maximum Gasteiger partial charge on any atom is 0.303 e. The van der Waals surface area contributed by atoms with E-state index in [0.717, 1.165) is 47.3 Å². The van der Waals surface area contributed by atoms with Crippen LogP contribution in [-0.4, -0.2) is 27.1 Å². The Bertz CT molecular complexity index is 1000. The van der Waals surface area contributed by atoms with E-state index in [1.54, 1.807) is 0 Å². The topological polar surface area (TPSA) is 83.8 Å². The number of aliphatic carboxylic acids is 1. The third-order valence-electron chi connectivity index (χ3n) is 4.59. The van der Waals surface area contributed by atoms with E-state index in [-0.39, 0.29) is 12.0 Å². The number of hydrogen-bond donors (Lipinski definition) is 2. The predicted octanol–water partition coefficient (Wildman–Crippen LogP) is 3.42. The van der Waals surface area contributed by atoms with Crippen LogP contribution in [0.2, 0.25) is 0 Å². The molecule has 3 rings (SSSR count). The van der Waals surface area contributed by atoms with Gasteiger partial charge in [-0.3, -0.25) is 9.59 Å². The molecule has 0 spiro atoms. The molecule has 0 aliphatic heterocycles. The van der Waals surface area contributed by atoms with Crippen molar-refractivity contribution in [2.24, 2.45) is 0 Å². The van der Waals surface area contributed by atoms with Gasteiger partial charge in [0.2, 0.25) is 0 Å². The second-order valence-electron chi connectivity index (χ2n) is 6.60. The van der Waals surface area contributed by atoms with Gasteiger partial charge in [-0.25, -0.2) is 0 Å². The van der Waals surface area contributed by atoms with Crippen molar-refractivity contribution in [1.29, 1.82) is 0 Å². The Labute approximate surface area is 151 Å². The van der Waals surface area contributed by atoms with E-state index in [4.69, 9.17) is 9.84 Å². The van der Waals surface area contributed by atoms with E-state index in [1.807, 2.05) is 35.6 Å². The number of nitrogens with one attached hydrogen (secondary N) is 1. The number of nitrogens with zero attached hydrogens (tertiary/aromatic N) is 1. The predicted molar refractivity (Wildman–Crippen MR) is 101 cm³/mol. The molecule has 0 bridgehead atoms. The van der Waals surface area contributed by atoms with Crippen LogP contribution in [0.4, 0.5) is 0 Å². The molecule has 6 nitrogen and oxygen atoms in total. The normalized spacial score (nSPS) is 11.5. The molecule has 0 amide bonds. The zero-order valence-corrected chi connectivity index (χ0v) is 15.2. The van der Waals surface area contributed by atoms with Crippen molar-refractivity contribution < 1.29 is 14.6 Å². The van der Waals surface area contributed by atoms with Crippen LogP contribution in [0.15, 0.2) is 29.1 Å². The van der Waals surface area contributed by atoms with E-state index in [0.29, 0.717) is 18.5 Å². The molecule has 2 heterocycles. The van der Waals surface area contributed by atoms with Crippen LogP contribution in [0.3, 0.4) is 0 Å². The lowest BCUT2D eigenvalue weighted by molar-refractivity contribution is -0.136. The fourth-order valence-corrected chi connectivity index (χ4v) is 3.24. The van der Waals surface area contributed by atoms with Crippen molar-refractivity contribution >= 4 is 22.5 Å². The largest absolute Gasteiger partial charge is 0.481 e. The summed E-state index contributed by atoms with van der Waals surface area (Å²) in [5.41, 5.74) is 4.76. The van der Waals surface area contributed by atoms with Gasteiger partial charge >= 0.3 is 5.97 Å². The quantitative estimate of drug-likeness (QED) is 0.606. The summed E-state index contributed by atoms with van der Waals surface area (Å²) >= 11 is 0. The highest BCUT2D eigenvalue weighted by molar-refractivity contribution is 5.80. The molecule has 2 N–H and O–H groups in total. The number of benzene rings is 1. The number of carbonyl (C=O) groups is 1. The highest BCUT2D eigenvalue weighted by atomic mass is 16.5. The van der Waals surface area contributed by atoms with Gasteiger partial charge in [0, 0.05) is 12.3 Å². The van der Waals surface area contributed by atoms with E-state index in [1.165, 1.54) is 0 Å². The molecule has 0 saturated carbocycles. The molecule has 0 unspecified atom stereocenters. The summed E-state index contributed by atoms with van der Waals surface area (Å²) in [6.45, 7) is 5.26. The summed E-state index contributed by atoms with van der Waals surface area (Å²) in [4.78, 5) is 26.4. The molecule has 0 saturated heterocycles. The Morgan fingerprint density at radius 3 is 2.81 bits per heavy atom. The Balaban J connectivity index is 2.04. The minimum absolute atomic E-state index is 0.0323. The Morgan fingerprint density at radius 2 is 2.08 bits per heavy atom. The SMILES string of the molecule is CCCCOCc1ccc2c(c1)[nH]c(=O)c1cc(C)c(CCC(=O)O)n12. The van der Waals surface area contributed by atoms with Crippen molar-refractivity contribution in [1.82, 2.24) is 9.38 Å². The van der Waals surface area contributed by atoms with Gasteiger partial charge in [0.25, 0.3) is 5.56 Å². The molecule has 0 atom stereocenters. The maximum atomic E-state index is 12.5. The second kappa shape index (κ2) is 7.74. The highest BCUT2D eigenvalue weighted by Gasteiger charge is 2.14. The zero-order chi connectivity index (χ0) is 18.7. The molecule has 0 fully saturated rings. The van der Waals surface area contributed by atoms with Gasteiger partial charge < -0.3 is 19.2 Å². The van der Waals surface area contributed by atoms with Crippen molar-refractivity contribution in [3.63, 3.8) is 0 Å². The summed E-state index contributed by atoms with van der Waals surface area (Å²) in [6.07, 6.45) is 2.54. The molecule has 138 valence electrons. The van der Waals surface area contributed by atoms with Crippen LogP contribution >= 0.6 is 0 Å². The van der Waals surface area contributed by atoms with Crippen LogP contribution in [0.1, 0.15) is 43.0 Å². The second-order valence-corrected chi connectivity index (χ2v) is 6.60. The van der Waals surface area contributed by atoms with Crippen LogP contribution in [0.5, 0.6) is 0 Å². The van der Waals surface area contributed by atoms with Crippen molar-refractivity contribution in [2.75, 3.05) is 6.61 Å². The average Bonchev–Trinajstić information content (AvgIpc) is 2.94. The number of unbranched alkanes of at least 4 members (excludes halogenated alkanes) is 1. The molecular weight excluding hydrogens is 332 g/mol. The van der Waals surface area contributed by atoms with E-state index in [2.05, 4.69) is 11.9 Å². The van der Waals surface area contributed by atoms with E-state index < -0.39 is 5.97 Å². The highest BCUT2D eigenvalue weighted by Crippen LogP contribution is 2.22. The molecule has 0 radical (unpaired) electrons. The lowest BCUT2D eigenvalue weighted by atomic mass is 10.1. The van der Waals surface area contributed by atoms with Gasteiger partial charge in [-0.15, -0.1) is 0 Å². The number of aryl methyl sites for hydroxylation is 2. The number of rotatable bonds is 8. The molecule has 1 aromatic carbocycles. The number of ether oxygens (including phenoxy) is 1. The van der Waals surface area contributed by atoms with Crippen molar-refractivity contribution in [3.05, 3.63) is 51.4 Å². The lowest BCUT2D eigenvalue weighted by Crippen LogP contribution is -2.12. The number of hydrogen-bond acceptors (Lipinski definition) is 3. The van der Waals surface area contributed by atoms with Gasteiger partial charge in [-0.05, 0) is 49.1 Å². The van der Waals surface area contributed by atoms with Gasteiger partial charge in [0.1, 0.15) is 5.52 Å². The maximum absolute atomic E-state index is 12.5. The fourth-order valence-electron chi connectivity index (χ4n) is 3.24. The Hall–Kier alpha value is -2.60. The van der Waals surface area contributed by atoms with Gasteiger partial charge in [0.15, 0.2) is 0 Å². The molecule has 6 heteroatoms. The third kappa shape index (κ3) is 3.65. The molecule has 26 heavy (non-hydrogen) atoms. The first-order valence-corrected chi connectivity index (χ1v) is 8.96. The zero-order valence-electron chi connectivity index (χ0n) is 15.2. The van der Waals surface area contributed by atoms with E-state index in [9.17, 15) is 9.59 Å². The van der Waals surface area contributed by atoms with Crippen LogP contribution in [-0.2, 0) is 22.6 Å². The molecule has 3 aromatic rings. The van der Waals surface area contributed by atoms with Crippen LogP contribution in [0.25, 0.3) is 16.6 Å². The first-order valence-electron chi connectivity index (χ1n) is 8.96. The number of H-pyrrole nitrogens is 1. The van der Waals surface area contributed by atoms with E-state index >= 15 is 0 Å². The molecule has 2 aromatic heterocycles. The fraction of sp³-hybridized carbons (Fsp3) is 0.400. The minimum Gasteiger partial charge on any atom is -0.481 e. The van der Waals surface area contributed by atoms with Crippen LogP contribution < -0.4 is 5.56 Å². The summed E-state index contributed by atoms with van der Waals surface area (Å²) < 4.78 is 7.54. The molecule has 0 aliphatic rings. The average molecular weight is 356 g/mol. The van der Waals surface area contributed by atoms with Crippen LogP contribution in [0, 0.1) is 6.92 Å². The smallest absolute Gasteiger partial charge is 0.303 e. The lowest BCUT2D eigenvalue weighted by Gasteiger charge is -2.10. The van der Waals surface area contributed by atoms with Crippen molar-refractivity contribution in [2.45, 2.75) is 46.1 Å². The Morgan fingerprint density at radius 1 is 1.27 bits per heavy atom. The summed E-state index contributed by atoms with van der Waals surface area (Å²) in [5, 5.41) is 9.01. The van der Waals surface area contributed by atoms with Gasteiger partial charge in [-0.2, -0.15) is 0 Å². The number of carboxylic acids is 1. The first-order chi connectivity index (χ1) is 12.5. The van der Waals surface area contributed by atoms with Gasteiger partial charge in [-0.1, -0.05) is 19.4 Å². The Kier molecular flexibility index (Phi) is 5.42. The minimum atomic E-state index is -0.847.